The molecule has 0 radical (unpaired) electrons. The quantitative estimate of drug-likeness (QED) is 0.671. The number of benzene rings is 2. The minimum atomic E-state index is -0.761. The molecule has 2 heterocycles. The minimum absolute atomic E-state index is 0.259. The summed E-state index contributed by atoms with van der Waals surface area (Å²) in [5, 5.41) is 7.67. The lowest BCUT2D eigenvalue weighted by molar-refractivity contribution is -0.124. The van der Waals surface area contributed by atoms with E-state index in [1.165, 1.54) is 23.5 Å². The second-order valence-corrected chi connectivity index (χ2v) is 7.11. The van der Waals surface area contributed by atoms with Crippen LogP contribution in [-0.2, 0) is 14.4 Å². The molecule has 1 aliphatic rings. The van der Waals surface area contributed by atoms with Gasteiger partial charge >= 0.3 is 0 Å². The van der Waals surface area contributed by atoms with Gasteiger partial charge in [0.25, 0.3) is 11.8 Å². The Balaban J connectivity index is 1.56. The molecule has 0 spiro atoms. The molecule has 29 heavy (non-hydrogen) atoms. The first-order valence-corrected chi connectivity index (χ1v) is 9.36. The molecule has 1 aliphatic heterocycles. The van der Waals surface area contributed by atoms with E-state index in [4.69, 9.17) is 0 Å². The van der Waals surface area contributed by atoms with Crippen LogP contribution in [0.1, 0.15) is 6.42 Å². The van der Waals surface area contributed by atoms with Crippen LogP contribution in [0.2, 0.25) is 0 Å². The van der Waals surface area contributed by atoms with Gasteiger partial charge in [-0.1, -0.05) is 41.7 Å². The van der Waals surface area contributed by atoms with E-state index in [-0.39, 0.29) is 5.69 Å². The van der Waals surface area contributed by atoms with Crippen molar-refractivity contribution >= 4 is 45.5 Å². The maximum Gasteiger partial charge on any atom is 0.281 e. The molecule has 2 amide bonds. The van der Waals surface area contributed by atoms with Gasteiger partial charge in [-0.05, 0) is 29.8 Å². The van der Waals surface area contributed by atoms with Gasteiger partial charge in [-0.25, -0.2) is 9.37 Å². The lowest BCUT2D eigenvalue weighted by Gasteiger charge is -2.22. The number of nitrogens with zero attached hydrogens (tertiary/aromatic N) is 3. The Morgan fingerprint density at radius 1 is 1.07 bits per heavy atom. The summed E-state index contributed by atoms with van der Waals surface area (Å²) in [5.74, 6) is -2.53. The smallest absolute Gasteiger partial charge is 0.281 e. The molecular weight excluding hydrogens is 395 g/mol. The zero-order valence-corrected chi connectivity index (χ0v) is 15.6. The van der Waals surface area contributed by atoms with Gasteiger partial charge in [-0.15, -0.1) is 0 Å². The van der Waals surface area contributed by atoms with E-state index in [1.54, 1.807) is 6.20 Å². The zero-order valence-electron chi connectivity index (χ0n) is 14.8. The van der Waals surface area contributed by atoms with Gasteiger partial charge in [0, 0.05) is 6.20 Å². The molecule has 1 N–H and O–H groups in total. The van der Waals surface area contributed by atoms with Crippen molar-refractivity contribution in [3.63, 3.8) is 0 Å². The minimum Gasteiger partial charge on any atom is -0.296 e. The fraction of sp³-hybridized carbons (Fsp3) is 0.0500. The van der Waals surface area contributed by atoms with Crippen LogP contribution in [0.3, 0.4) is 0 Å². The summed E-state index contributed by atoms with van der Waals surface area (Å²) < 4.78 is 13.1. The van der Waals surface area contributed by atoms with Crippen molar-refractivity contribution in [3.8, 4) is 10.4 Å². The molecule has 2 aromatic carbocycles. The molecule has 7 nitrogen and oxygen atoms in total. The largest absolute Gasteiger partial charge is 0.296 e. The van der Waals surface area contributed by atoms with Crippen molar-refractivity contribution in [2.75, 3.05) is 10.3 Å². The Morgan fingerprint density at radius 3 is 2.52 bits per heavy atom. The summed E-state index contributed by atoms with van der Waals surface area (Å²) in [5.41, 5.74) is 0.796. The van der Waals surface area contributed by atoms with Crippen LogP contribution in [0.15, 0.2) is 65.9 Å². The van der Waals surface area contributed by atoms with Gasteiger partial charge in [-0.3, -0.25) is 19.7 Å². The van der Waals surface area contributed by atoms with Crippen LogP contribution in [0, 0.1) is 5.82 Å². The van der Waals surface area contributed by atoms with Crippen molar-refractivity contribution in [2.45, 2.75) is 6.42 Å². The Bertz CT molecular complexity index is 1130. The monoisotopic (exact) mass is 408 g/mol. The molecule has 4 rings (SSSR count). The molecule has 3 aromatic rings. The van der Waals surface area contributed by atoms with Crippen molar-refractivity contribution in [1.29, 1.82) is 0 Å². The first-order valence-electron chi connectivity index (χ1n) is 8.54. The summed E-state index contributed by atoms with van der Waals surface area (Å²) in [4.78, 5) is 41.9. The first-order chi connectivity index (χ1) is 14.0. The van der Waals surface area contributed by atoms with Gasteiger partial charge in [0.2, 0.25) is 0 Å². The summed E-state index contributed by atoms with van der Waals surface area (Å²) in [7, 11) is 0. The lowest BCUT2D eigenvalue weighted by atomic mass is 10.1. The molecule has 0 bridgehead atoms. The van der Waals surface area contributed by atoms with E-state index in [0.717, 1.165) is 27.6 Å². The molecule has 0 aliphatic carbocycles. The fourth-order valence-electron chi connectivity index (χ4n) is 2.69. The van der Waals surface area contributed by atoms with E-state index in [9.17, 15) is 18.8 Å². The number of hydrogen-bond acceptors (Lipinski definition) is 6. The molecule has 0 saturated carbocycles. The number of aromatic nitrogens is 1. The summed E-state index contributed by atoms with van der Waals surface area (Å²) in [6.45, 7) is 0. The maximum atomic E-state index is 13.1. The van der Waals surface area contributed by atoms with Crippen LogP contribution in [0.25, 0.3) is 10.4 Å². The predicted molar refractivity (Wildman–Crippen MR) is 107 cm³/mol. The number of halogens is 1. The van der Waals surface area contributed by atoms with Crippen LogP contribution < -0.4 is 10.3 Å². The Kier molecular flexibility index (Phi) is 4.96. The fourth-order valence-corrected chi connectivity index (χ4v) is 3.50. The second-order valence-electron chi connectivity index (χ2n) is 6.08. The number of amides is 2. The lowest BCUT2D eigenvalue weighted by Crippen LogP contribution is -2.42. The molecule has 0 unspecified atom stereocenters. The van der Waals surface area contributed by atoms with E-state index < -0.39 is 35.5 Å². The molecule has 9 heteroatoms. The molecule has 0 atom stereocenters. The van der Waals surface area contributed by atoms with E-state index in [2.05, 4.69) is 15.4 Å². The van der Waals surface area contributed by atoms with Gasteiger partial charge in [0.1, 0.15) is 5.82 Å². The van der Waals surface area contributed by atoms with Crippen molar-refractivity contribution < 1.29 is 18.8 Å². The number of thiazole rings is 1. The normalized spacial score (nSPS) is 14.0. The van der Waals surface area contributed by atoms with Crippen LogP contribution >= 0.6 is 11.3 Å². The first kappa shape index (κ1) is 18.6. The average molecular weight is 408 g/mol. The predicted octanol–water partition coefficient (Wildman–Crippen LogP) is 3.25. The van der Waals surface area contributed by atoms with Crippen LogP contribution in [0.5, 0.6) is 0 Å². The number of anilines is 2. The molecule has 1 aromatic heterocycles. The van der Waals surface area contributed by atoms with E-state index >= 15 is 0 Å². The second kappa shape index (κ2) is 7.72. The number of hydrazone groups is 1. The molecule has 0 saturated heterocycles. The van der Waals surface area contributed by atoms with Crippen LogP contribution in [-0.4, -0.2) is 28.3 Å². The Hall–Kier alpha value is -3.72. The zero-order chi connectivity index (χ0) is 20.4. The van der Waals surface area contributed by atoms with E-state index in [0.29, 0.717) is 5.13 Å². The maximum absolute atomic E-state index is 13.1. The number of hydrogen-bond donors (Lipinski definition) is 1. The van der Waals surface area contributed by atoms with Gasteiger partial charge < -0.3 is 0 Å². The number of rotatable bonds is 4. The van der Waals surface area contributed by atoms with Gasteiger partial charge in [0.05, 0.1) is 17.0 Å². The van der Waals surface area contributed by atoms with Crippen LogP contribution in [0.4, 0.5) is 15.2 Å². The third-order valence-electron chi connectivity index (χ3n) is 4.08. The van der Waals surface area contributed by atoms with E-state index in [1.807, 2.05) is 30.3 Å². The molecular formula is C20H13FN4O3S. The van der Waals surface area contributed by atoms with Gasteiger partial charge in [-0.2, -0.15) is 10.1 Å². The Labute approximate surface area is 168 Å². The third-order valence-corrected chi connectivity index (χ3v) is 5.04. The number of carbonyl (C=O) groups excluding carboxylic acids is 3. The van der Waals surface area contributed by atoms with Crippen molar-refractivity contribution in [2.24, 2.45) is 5.10 Å². The average Bonchev–Trinajstić information content (AvgIpc) is 3.18. The highest BCUT2D eigenvalue weighted by Crippen LogP contribution is 2.28. The number of nitrogens with one attached hydrogen (secondary N) is 1. The topological polar surface area (TPSA) is 91.7 Å². The van der Waals surface area contributed by atoms with Crippen molar-refractivity contribution in [1.82, 2.24) is 4.98 Å². The SMILES string of the molecule is O=C1CC(=O)N(c2ccc(F)cc2)N=C1C(=O)Nc1ncc(-c2ccccc2)s1. The summed E-state index contributed by atoms with van der Waals surface area (Å²) in [6.07, 6.45) is 1.12. The highest BCUT2D eigenvalue weighted by Gasteiger charge is 2.33. The molecule has 144 valence electrons. The summed E-state index contributed by atoms with van der Waals surface area (Å²) >= 11 is 1.25. The van der Waals surface area contributed by atoms with Crippen molar-refractivity contribution in [3.05, 3.63) is 66.6 Å². The number of Topliss-reactive ketones (excluding diaryl/α,β-unsaturated/α-hetero) is 1. The van der Waals surface area contributed by atoms with Gasteiger partial charge in [0.15, 0.2) is 16.6 Å². The Morgan fingerprint density at radius 2 is 1.79 bits per heavy atom. The standard InChI is InChI=1S/C20H13FN4O3S/c21-13-6-8-14(9-7-13)25-17(27)10-15(26)18(24-25)19(28)23-20-22-11-16(29-20)12-4-2-1-3-5-12/h1-9,11H,10H2,(H,22,23,28). The number of ketones is 1. The highest BCUT2D eigenvalue weighted by atomic mass is 32.1. The molecule has 0 fully saturated rings. The highest BCUT2D eigenvalue weighted by molar-refractivity contribution is 7.19. The number of carbonyl (C=O) groups is 3. The summed E-state index contributed by atoms with van der Waals surface area (Å²) in [6, 6.07) is 14.5. The third kappa shape index (κ3) is 3.94.